The number of sulfonamides is 1. The standard InChI is InChI=1S/C14H20N2O3S/c1-3-6-12(2)16-20(18,19)14-9-13(10-15-11-14)7-4-5-8-17/h9-12,16-17H,3,5-6,8H2,1-2H3. The zero-order chi connectivity index (χ0) is 15.0. The van der Waals surface area contributed by atoms with Gasteiger partial charge in [0.15, 0.2) is 0 Å². The van der Waals surface area contributed by atoms with Crippen LogP contribution in [0.1, 0.15) is 38.7 Å². The van der Waals surface area contributed by atoms with Crippen molar-refractivity contribution in [3.63, 3.8) is 0 Å². The number of aliphatic hydroxyl groups is 1. The summed E-state index contributed by atoms with van der Waals surface area (Å²) in [5.74, 6) is 5.51. The third-order valence-corrected chi connectivity index (χ3v) is 4.13. The first-order valence-electron chi connectivity index (χ1n) is 6.56. The predicted molar refractivity (Wildman–Crippen MR) is 77.5 cm³/mol. The lowest BCUT2D eigenvalue weighted by molar-refractivity contribution is 0.305. The van der Waals surface area contributed by atoms with Crippen LogP contribution in [-0.2, 0) is 10.0 Å². The molecule has 1 aromatic heterocycles. The van der Waals surface area contributed by atoms with E-state index in [0.29, 0.717) is 12.0 Å². The van der Waals surface area contributed by atoms with Crippen LogP contribution in [-0.4, -0.2) is 31.2 Å². The number of hydrogen-bond donors (Lipinski definition) is 2. The van der Waals surface area contributed by atoms with Crippen molar-refractivity contribution in [1.82, 2.24) is 9.71 Å². The molecule has 6 heteroatoms. The number of nitrogens with one attached hydrogen (secondary N) is 1. The SMILES string of the molecule is CCCC(C)NS(=O)(=O)c1cncc(C#CCCO)c1. The summed E-state index contributed by atoms with van der Waals surface area (Å²) in [6.45, 7) is 3.82. The minimum absolute atomic E-state index is 0.0193. The molecule has 0 aliphatic rings. The number of pyridine rings is 1. The topological polar surface area (TPSA) is 79.3 Å². The van der Waals surface area contributed by atoms with Crippen LogP contribution in [0.3, 0.4) is 0 Å². The molecule has 110 valence electrons. The second kappa shape index (κ2) is 8.00. The number of aromatic nitrogens is 1. The van der Waals surface area contributed by atoms with Crippen LogP contribution in [0.2, 0.25) is 0 Å². The second-order valence-corrected chi connectivity index (χ2v) is 6.21. The highest BCUT2D eigenvalue weighted by molar-refractivity contribution is 7.89. The summed E-state index contributed by atoms with van der Waals surface area (Å²) in [6.07, 6.45) is 4.84. The molecule has 0 bridgehead atoms. The van der Waals surface area contributed by atoms with Gasteiger partial charge in [-0.3, -0.25) is 4.98 Å². The first-order chi connectivity index (χ1) is 9.49. The van der Waals surface area contributed by atoms with E-state index in [2.05, 4.69) is 21.5 Å². The first kappa shape index (κ1) is 16.6. The Balaban J connectivity index is 2.91. The van der Waals surface area contributed by atoms with Crippen molar-refractivity contribution in [2.24, 2.45) is 0 Å². The molecule has 0 saturated carbocycles. The third-order valence-electron chi connectivity index (χ3n) is 2.57. The molecule has 1 aromatic rings. The molecule has 0 spiro atoms. The second-order valence-electron chi connectivity index (χ2n) is 4.50. The number of nitrogens with zero attached hydrogens (tertiary/aromatic N) is 1. The zero-order valence-electron chi connectivity index (χ0n) is 11.8. The predicted octanol–water partition coefficient (Wildman–Crippen LogP) is 1.28. The minimum Gasteiger partial charge on any atom is -0.395 e. The van der Waals surface area contributed by atoms with Gasteiger partial charge in [0.1, 0.15) is 4.90 Å². The van der Waals surface area contributed by atoms with Crippen LogP contribution in [0.4, 0.5) is 0 Å². The number of hydrogen-bond acceptors (Lipinski definition) is 4. The molecule has 0 fully saturated rings. The molecule has 1 atom stereocenters. The average molecular weight is 296 g/mol. The lowest BCUT2D eigenvalue weighted by Gasteiger charge is -2.13. The molecule has 1 rings (SSSR count). The zero-order valence-corrected chi connectivity index (χ0v) is 12.6. The van der Waals surface area contributed by atoms with Crippen molar-refractivity contribution in [2.75, 3.05) is 6.61 Å². The van der Waals surface area contributed by atoms with E-state index in [1.54, 1.807) is 0 Å². The van der Waals surface area contributed by atoms with Gasteiger partial charge < -0.3 is 5.11 Å². The molecule has 5 nitrogen and oxygen atoms in total. The van der Waals surface area contributed by atoms with Crippen molar-refractivity contribution in [3.05, 3.63) is 24.0 Å². The summed E-state index contributed by atoms with van der Waals surface area (Å²) in [5, 5.41) is 8.65. The van der Waals surface area contributed by atoms with Crippen LogP contribution < -0.4 is 4.72 Å². The maximum atomic E-state index is 12.2. The van der Waals surface area contributed by atoms with Crippen molar-refractivity contribution in [2.45, 2.75) is 44.0 Å². The van der Waals surface area contributed by atoms with Gasteiger partial charge >= 0.3 is 0 Å². The Morgan fingerprint density at radius 3 is 2.85 bits per heavy atom. The van der Waals surface area contributed by atoms with E-state index in [1.807, 2.05) is 13.8 Å². The maximum absolute atomic E-state index is 12.2. The minimum atomic E-state index is -3.56. The summed E-state index contributed by atoms with van der Waals surface area (Å²) in [6, 6.07) is 1.37. The van der Waals surface area contributed by atoms with E-state index in [4.69, 9.17) is 5.11 Å². The fraction of sp³-hybridized carbons (Fsp3) is 0.500. The Morgan fingerprint density at radius 2 is 2.20 bits per heavy atom. The van der Waals surface area contributed by atoms with Gasteiger partial charge in [0, 0.05) is 30.4 Å². The van der Waals surface area contributed by atoms with E-state index < -0.39 is 10.0 Å². The van der Waals surface area contributed by atoms with Gasteiger partial charge in [0.05, 0.1) is 6.61 Å². The van der Waals surface area contributed by atoms with Crippen molar-refractivity contribution < 1.29 is 13.5 Å². The van der Waals surface area contributed by atoms with E-state index in [9.17, 15) is 8.42 Å². The molecule has 0 aliphatic carbocycles. The molecule has 0 aromatic carbocycles. The molecule has 1 heterocycles. The van der Waals surface area contributed by atoms with Crippen molar-refractivity contribution in [3.8, 4) is 11.8 Å². The highest BCUT2D eigenvalue weighted by Gasteiger charge is 2.17. The van der Waals surface area contributed by atoms with E-state index in [1.165, 1.54) is 18.5 Å². The summed E-state index contributed by atoms with van der Waals surface area (Å²) in [5.41, 5.74) is 0.518. The van der Waals surface area contributed by atoms with E-state index in [-0.39, 0.29) is 17.5 Å². The van der Waals surface area contributed by atoms with Crippen LogP contribution in [0.15, 0.2) is 23.4 Å². The van der Waals surface area contributed by atoms with Gasteiger partial charge in [-0.1, -0.05) is 25.2 Å². The lowest BCUT2D eigenvalue weighted by Crippen LogP contribution is -2.32. The van der Waals surface area contributed by atoms with Gasteiger partial charge in [-0.15, -0.1) is 0 Å². The Hall–Kier alpha value is -1.42. The van der Waals surface area contributed by atoms with Crippen LogP contribution >= 0.6 is 0 Å². The molecular formula is C14H20N2O3S. The maximum Gasteiger partial charge on any atom is 0.242 e. The van der Waals surface area contributed by atoms with E-state index >= 15 is 0 Å². The van der Waals surface area contributed by atoms with Gasteiger partial charge in [-0.25, -0.2) is 13.1 Å². The summed E-state index contributed by atoms with van der Waals surface area (Å²) in [7, 11) is -3.56. The lowest BCUT2D eigenvalue weighted by atomic mass is 10.2. The summed E-state index contributed by atoms with van der Waals surface area (Å²) in [4.78, 5) is 4.01. The fourth-order valence-corrected chi connectivity index (χ4v) is 2.94. The quantitative estimate of drug-likeness (QED) is 0.775. The van der Waals surface area contributed by atoms with Crippen molar-refractivity contribution in [1.29, 1.82) is 0 Å². The average Bonchev–Trinajstić information content (AvgIpc) is 2.39. The summed E-state index contributed by atoms with van der Waals surface area (Å²) >= 11 is 0. The van der Waals surface area contributed by atoms with Gasteiger partial charge in [-0.2, -0.15) is 0 Å². The summed E-state index contributed by atoms with van der Waals surface area (Å²) < 4.78 is 26.9. The highest BCUT2D eigenvalue weighted by atomic mass is 32.2. The molecular weight excluding hydrogens is 276 g/mol. The third kappa shape index (κ3) is 5.29. The Labute approximate surface area is 120 Å². The van der Waals surface area contributed by atoms with Crippen LogP contribution in [0.5, 0.6) is 0 Å². The van der Waals surface area contributed by atoms with Crippen LogP contribution in [0, 0.1) is 11.8 Å². The molecule has 2 N–H and O–H groups in total. The van der Waals surface area contributed by atoms with Crippen molar-refractivity contribution >= 4 is 10.0 Å². The van der Waals surface area contributed by atoms with Gasteiger partial charge in [0.2, 0.25) is 10.0 Å². The Bertz CT molecular complexity index is 588. The molecule has 20 heavy (non-hydrogen) atoms. The molecule has 1 unspecified atom stereocenters. The fourth-order valence-electron chi connectivity index (χ4n) is 1.68. The Morgan fingerprint density at radius 1 is 1.45 bits per heavy atom. The van der Waals surface area contributed by atoms with E-state index in [0.717, 1.165) is 12.8 Å². The molecule has 0 amide bonds. The smallest absolute Gasteiger partial charge is 0.242 e. The van der Waals surface area contributed by atoms with Gasteiger partial charge in [0.25, 0.3) is 0 Å². The number of aliphatic hydroxyl groups excluding tert-OH is 1. The highest BCUT2D eigenvalue weighted by Crippen LogP contribution is 2.10. The normalized spacial score (nSPS) is 12.6. The largest absolute Gasteiger partial charge is 0.395 e. The molecule has 0 aliphatic heterocycles. The number of rotatable bonds is 6. The van der Waals surface area contributed by atoms with Gasteiger partial charge in [-0.05, 0) is 19.4 Å². The Kier molecular flexibility index (Phi) is 6.65. The molecule has 0 saturated heterocycles. The van der Waals surface area contributed by atoms with Crippen LogP contribution in [0.25, 0.3) is 0 Å². The monoisotopic (exact) mass is 296 g/mol. The first-order valence-corrected chi connectivity index (χ1v) is 8.05. The molecule has 0 radical (unpaired) electrons.